The molecule has 1 unspecified atom stereocenters. The van der Waals surface area contributed by atoms with Gasteiger partial charge >= 0.3 is 360 Å². The Kier molecular flexibility index (Phi) is 14.4. The van der Waals surface area contributed by atoms with Gasteiger partial charge < -0.3 is 0 Å². The zero-order chi connectivity index (χ0) is 45.8. The number of ether oxygens (including phenoxy) is 6. The zero-order valence-electron chi connectivity index (χ0n) is 35.9. The number of nitrogens with one attached hydrogen (secondary N) is 2. The van der Waals surface area contributed by atoms with Crippen LogP contribution in [-0.2, 0) is 43.0 Å². The third-order valence-electron chi connectivity index (χ3n) is 11.1. The number of H-pyrrole nitrogens is 2. The molecule has 2 aliphatic heterocycles. The number of hydrogen-bond acceptors (Lipinski definition) is 14. The fourth-order valence-electron chi connectivity index (χ4n) is 7.83. The van der Waals surface area contributed by atoms with Crippen molar-refractivity contribution < 1.29 is 46.8 Å². The summed E-state index contributed by atoms with van der Waals surface area (Å²) in [5, 5.41) is 0. The van der Waals surface area contributed by atoms with Crippen molar-refractivity contribution in [2.24, 2.45) is 0 Å². The topological polar surface area (TPSA) is 218 Å². The molecule has 3 aromatic carbocycles. The number of methoxy groups -OCH3 is 2. The Hall–Kier alpha value is -5.36. The molecule has 64 heavy (non-hydrogen) atoms. The zero-order valence-corrected chi connectivity index (χ0v) is 38.5. The van der Waals surface area contributed by atoms with Crippen molar-refractivity contribution in [2.75, 3.05) is 27.4 Å². The SMILES string of the molecule is COc1ccc(C(OC[C@H]2O[C@@H](n3cc(C)c(=O)[nH]c3=O)C[C@@H]2OP(=O)(OC[C@H]2O[C@@H](n3cc(C)c(=O)[nH]c3=O)C[C@@H]2OC(C)=O)[Se]C)(c2ccccc2)c2ccc(OC)cc2)cc1. The van der Waals surface area contributed by atoms with E-state index in [1.54, 1.807) is 27.0 Å². The first kappa shape index (κ1) is 46.6. The average Bonchev–Trinajstić information content (AvgIpc) is 3.88. The Morgan fingerprint density at radius 2 is 1.20 bits per heavy atom. The minimum atomic E-state index is -4.00. The van der Waals surface area contributed by atoms with Crippen molar-refractivity contribution in [2.45, 2.75) is 81.9 Å². The van der Waals surface area contributed by atoms with Gasteiger partial charge in [-0.05, 0) is 0 Å². The van der Waals surface area contributed by atoms with Gasteiger partial charge in [-0.15, -0.1) is 0 Å². The maximum atomic E-state index is 14.7. The molecule has 5 aromatic rings. The Bertz CT molecular complexity index is 2680. The molecular weight excluding hydrogens is 918 g/mol. The predicted octanol–water partition coefficient (Wildman–Crippen LogP) is 4.50. The third kappa shape index (κ3) is 9.97. The van der Waals surface area contributed by atoms with Gasteiger partial charge in [0.25, 0.3) is 0 Å². The van der Waals surface area contributed by atoms with Crippen LogP contribution in [0.4, 0.5) is 0 Å². The van der Waals surface area contributed by atoms with E-state index in [9.17, 15) is 28.5 Å². The van der Waals surface area contributed by atoms with Gasteiger partial charge in [0.2, 0.25) is 0 Å². The van der Waals surface area contributed by atoms with Crippen molar-refractivity contribution in [1.82, 2.24) is 19.1 Å². The van der Waals surface area contributed by atoms with E-state index in [0.29, 0.717) is 11.5 Å². The van der Waals surface area contributed by atoms with Gasteiger partial charge in [0.1, 0.15) is 0 Å². The first-order chi connectivity index (χ1) is 30.7. The molecular formula is C44H49N4O14PSe. The normalized spacial score (nSPS) is 21.9. The van der Waals surface area contributed by atoms with Crippen LogP contribution < -0.4 is 32.0 Å². The second-order valence-corrected chi connectivity index (χ2v) is 22.1. The van der Waals surface area contributed by atoms with E-state index in [2.05, 4.69) is 9.97 Å². The molecule has 0 radical (unpaired) electrons. The monoisotopic (exact) mass is 968 g/mol. The summed E-state index contributed by atoms with van der Waals surface area (Å²) < 4.78 is 66.2. The standard InChI is InChI=1S/C44H49N4O14PSe/c1-26-22-47(42(52)45-40(26)50)38-20-34(59-28(3)49)37(61-38)25-58-63(54,64-6)62-35-21-39(48-23-27(2)41(51)46-43(48)53)60-36(35)24-57-44(29-10-8-7-9-11-29,30-12-16-32(55-4)17-13-30)31-14-18-33(56-5)19-15-31/h7-19,22-23,34-39H,20-21,24-25H2,1-6H3,(H,45,50,52)(H,46,51,53)/t34-,35-,36+,37+,38+,39+,63?/m0/s1. The summed E-state index contributed by atoms with van der Waals surface area (Å²) in [5.41, 5.74) is -1.01. The Balaban J connectivity index is 1.22. The van der Waals surface area contributed by atoms with Crippen molar-refractivity contribution in [3.8, 4) is 11.5 Å². The molecule has 0 aliphatic carbocycles. The molecule has 0 spiro atoms. The van der Waals surface area contributed by atoms with Crippen molar-refractivity contribution >= 4 is 26.8 Å². The second-order valence-electron chi connectivity index (χ2n) is 15.2. The number of aromatic nitrogens is 4. The predicted molar refractivity (Wildman–Crippen MR) is 233 cm³/mol. The summed E-state index contributed by atoms with van der Waals surface area (Å²) in [5.74, 6) is 2.34. The summed E-state index contributed by atoms with van der Waals surface area (Å²) in [4.78, 5) is 67.1. The number of esters is 1. The van der Waals surface area contributed by atoms with E-state index in [-0.39, 0.29) is 37.2 Å². The average molecular weight is 968 g/mol. The fraction of sp³-hybridized carbons (Fsp3) is 0.386. The molecule has 2 saturated heterocycles. The van der Waals surface area contributed by atoms with Crippen LogP contribution in [0.2, 0.25) is 5.82 Å². The van der Waals surface area contributed by atoms with Gasteiger partial charge in [-0.2, -0.15) is 0 Å². The number of hydrogen-bond donors (Lipinski definition) is 2. The van der Waals surface area contributed by atoms with Crippen LogP contribution in [0.25, 0.3) is 0 Å². The maximum absolute atomic E-state index is 14.7. The van der Waals surface area contributed by atoms with Crippen LogP contribution in [-0.4, -0.2) is 91.4 Å². The number of nitrogens with zero attached hydrogens (tertiary/aromatic N) is 2. The Labute approximate surface area is 373 Å². The van der Waals surface area contributed by atoms with Crippen molar-refractivity contribution in [1.29, 1.82) is 0 Å². The van der Waals surface area contributed by atoms with E-state index in [1.165, 1.54) is 35.4 Å². The Morgan fingerprint density at radius 1 is 0.734 bits per heavy atom. The van der Waals surface area contributed by atoms with E-state index < -0.39 is 91.7 Å². The quantitative estimate of drug-likeness (QED) is 0.0568. The molecule has 2 aliphatic rings. The first-order valence-corrected chi connectivity index (χ1v) is 25.7. The van der Waals surface area contributed by atoms with E-state index in [4.69, 9.17) is 37.5 Å². The molecule has 0 saturated carbocycles. The van der Waals surface area contributed by atoms with Gasteiger partial charge in [0.15, 0.2) is 0 Å². The summed E-state index contributed by atoms with van der Waals surface area (Å²) in [6.45, 7) is 3.80. The van der Waals surface area contributed by atoms with E-state index in [1.807, 2.05) is 78.9 Å². The van der Waals surface area contributed by atoms with Crippen LogP contribution in [0.3, 0.4) is 0 Å². The minimum absolute atomic E-state index is 0.00118. The van der Waals surface area contributed by atoms with Crippen LogP contribution in [0.1, 0.15) is 60.0 Å². The number of carbonyl (C=O) groups excluding carboxylic acids is 1. The number of aromatic amines is 2. The van der Waals surface area contributed by atoms with Crippen LogP contribution in [0.5, 0.6) is 11.5 Å². The summed E-state index contributed by atoms with van der Waals surface area (Å²) in [6, 6.07) is 24.5. The van der Waals surface area contributed by atoms with Crippen molar-refractivity contribution in [3.63, 3.8) is 0 Å². The fourth-order valence-corrected chi connectivity index (χ4v) is 11.2. The molecule has 20 heteroatoms. The van der Waals surface area contributed by atoms with E-state index >= 15 is 0 Å². The number of benzene rings is 3. The molecule has 2 fully saturated rings. The van der Waals surface area contributed by atoms with E-state index in [0.717, 1.165) is 16.7 Å². The van der Waals surface area contributed by atoms with Gasteiger partial charge in [0, 0.05) is 0 Å². The van der Waals surface area contributed by atoms with Gasteiger partial charge in [-0.3, -0.25) is 0 Å². The first-order valence-electron chi connectivity index (χ1n) is 20.3. The van der Waals surface area contributed by atoms with Crippen LogP contribution in [0, 0.1) is 13.8 Å². The molecule has 4 heterocycles. The van der Waals surface area contributed by atoms with Crippen LogP contribution >= 0.6 is 6.29 Å². The molecule has 0 amide bonds. The number of rotatable bonds is 17. The number of aryl methyl sites for hydroxylation is 2. The molecule has 2 aromatic heterocycles. The van der Waals surface area contributed by atoms with Crippen LogP contribution in [0.15, 0.2) is 110 Å². The molecule has 340 valence electrons. The van der Waals surface area contributed by atoms with Gasteiger partial charge in [0.05, 0.1) is 14.2 Å². The molecule has 18 nitrogen and oxygen atoms in total. The Morgan fingerprint density at radius 3 is 1.67 bits per heavy atom. The second kappa shape index (κ2) is 19.8. The van der Waals surface area contributed by atoms with Gasteiger partial charge in [-0.1, -0.05) is 0 Å². The summed E-state index contributed by atoms with van der Waals surface area (Å²) in [7, 11) is 3.16. The molecule has 7 atom stereocenters. The van der Waals surface area contributed by atoms with Gasteiger partial charge in [-0.25, -0.2) is 0 Å². The third-order valence-corrected chi connectivity index (χ3v) is 16.6. The number of carbonyl (C=O) groups is 1. The molecule has 0 bridgehead atoms. The molecule has 2 N–H and O–H groups in total. The summed E-state index contributed by atoms with van der Waals surface area (Å²) in [6.07, 6.45) is -7.01. The molecule has 7 rings (SSSR count). The van der Waals surface area contributed by atoms with Crippen molar-refractivity contribution in [3.05, 3.63) is 161 Å². The summed E-state index contributed by atoms with van der Waals surface area (Å²) >= 11 is -0.802.